The summed E-state index contributed by atoms with van der Waals surface area (Å²) in [6, 6.07) is 3.07. The van der Waals surface area contributed by atoms with Crippen molar-refractivity contribution in [2.75, 3.05) is 23.8 Å². The molecule has 2 aromatic rings. The van der Waals surface area contributed by atoms with Gasteiger partial charge in [0, 0.05) is 19.0 Å². The van der Waals surface area contributed by atoms with E-state index in [0.717, 1.165) is 12.1 Å². The number of nitrogens with zero attached hydrogens (tertiary/aromatic N) is 3. The highest BCUT2D eigenvalue weighted by Gasteiger charge is 2.36. The number of allylic oxidation sites excluding steroid dienone is 1. The number of aromatic nitrogens is 2. The summed E-state index contributed by atoms with van der Waals surface area (Å²) >= 11 is 5.99. The third-order valence-corrected chi connectivity index (χ3v) is 3.75. The van der Waals surface area contributed by atoms with Gasteiger partial charge in [0.25, 0.3) is 0 Å². The van der Waals surface area contributed by atoms with Gasteiger partial charge in [0.05, 0.1) is 30.6 Å². The van der Waals surface area contributed by atoms with Crippen LogP contribution in [-0.4, -0.2) is 34.4 Å². The van der Waals surface area contributed by atoms with Crippen LogP contribution in [0.5, 0.6) is 0 Å². The van der Waals surface area contributed by atoms with Crippen molar-refractivity contribution in [2.45, 2.75) is 12.7 Å². The van der Waals surface area contributed by atoms with Gasteiger partial charge in [-0.15, -0.1) is 0 Å². The number of halogens is 5. The molecule has 0 unspecified atom stereocenters. The maximum atomic E-state index is 13.7. The van der Waals surface area contributed by atoms with E-state index in [1.165, 1.54) is 24.7 Å². The molecule has 0 aliphatic heterocycles. The fourth-order valence-corrected chi connectivity index (χ4v) is 2.39. The molecule has 0 bridgehead atoms. The number of aliphatic hydroxyl groups excluding tert-OH is 1. The summed E-state index contributed by atoms with van der Waals surface area (Å²) in [5.74, 6) is -1.29. The van der Waals surface area contributed by atoms with Gasteiger partial charge in [0.1, 0.15) is 10.8 Å². The molecule has 0 aliphatic rings. The molecule has 1 heterocycles. The molecule has 0 saturated carbocycles. The van der Waals surface area contributed by atoms with E-state index in [1.54, 1.807) is 0 Å². The van der Waals surface area contributed by atoms with Crippen molar-refractivity contribution < 1.29 is 22.7 Å². The Morgan fingerprint density at radius 3 is 2.76 bits per heavy atom. The van der Waals surface area contributed by atoms with Crippen molar-refractivity contribution in [1.29, 1.82) is 0 Å². The molecule has 0 fully saturated rings. The highest BCUT2D eigenvalue weighted by molar-refractivity contribution is 6.32. The third kappa shape index (κ3) is 6.29. The number of aliphatic hydroxyl groups is 1. The summed E-state index contributed by atoms with van der Waals surface area (Å²) in [6.07, 6.45) is -1.08. The molecule has 0 radical (unpaired) electrons. The summed E-state index contributed by atoms with van der Waals surface area (Å²) < 4.78 is 53.0. The van der Waals surface area contributed by atoms with Crippen LogP contribution < -0.4 is 16.4 Å². The molecule has 0 spiro atoms. The summed E-state index contributed by atoms with van der Waals surface area (Å²) in [4.78, 5) is 11.9. The van der Waals surface area contributed by atoms with Gasteiger partial charge in [-0.1, -0.05) is 23.7 Å². The molecule has 0 amide bonds. The van der Waals surface area contributed by atoms with Crippen LogP contribution in [0.2, 0.25) is 5.02 Å². The van der Waals surface area contributed by atoms with Gasteiger partial charge < -0.3 is 21.5 Å². The monoisotopic (exact) mass is 432 g/mol. The molecule has 5 N–H and O–H groups in total. The average Bonchev–Trinajstić information content (AvgIpc) is 2.66. The normalized spacial score (nSPS) is 12.4. The van der Waals surface area contributed by atoms with Crippen LogP contribution >= 0.6 is 11.6 Å². The molecule has 29 heavy (non-hydrogen) atoms. The minimum absolute atomic E-state index is 0.0326. The largest absolute Gasteiger partial charge is 0.419 e. The highest BCUT2D eigenvalue weighted by Crippen LogP contribution is 2.34. The van der Waals surface area contributed by atoms with Crippen LogP contribution in [0.4, 0.5) is 29.3 Å². The molecule has 1 aromatic heterocycles. The van der Waals surface area contributed by atoms with Gasteiger partial charge in [0.2, 0.25) is 5.95 Å². The lowest BCUT2D eigenvalue weighted by atomic mass is 10.1. The number of nitrogens with one attached hydrogen (secondary N) is 2. The number of nitrogens with two attached hydrogens (primary N) is 1. The number of benzene rings is 1. The molecular weight excluding hydrogens is 416 g/mol. The van der Waals surface area contributed by atoms with Crippen molar-refractivity contribution in [3.05, 3.63) is 58.3 Å². The first-order valence-electron chi connectivity index (χ1n) is 8.17. The van der Waals surface area contributed by atoms with Gasteiger partial charge in [-0.05, 0) is 11.6 Å². The summed E-state index contributed by atoms with van der Waals surface area (Å²) in [5.41, 5.74) is 4.11. The first-order valence-corrected chi connectivity index (χ1v) is 8.54. The molecular formula is C17H17ClF4N6O. The third-order valence-electron chi connectivity index (χ3n) is 3.47. The Balaban J connectivity index is 2.19. The number of alkyl halides is 3. The standard InChI is InChI=1S/C17H17ClF4N6O/c18-12-9-26-16(27-11(6-23)8-24-4-5-29)28-15(12)25-7-10-2-1-3-13(19)14(10)17(20,21)22/h1-3,6,8-9,29H,4-5,7,23H2,(H2,25,26,27,28). The van der Waals surface area contributed by atoms with E-state index in [0.29, 0.717) is 5.70 Å². The van der Waals surface area contributed by atoms with Crippen molar-refractivity contribution in [3.63, 3.8) is 0 Å². The average molecular weight is 433 g/mol. The maximum Gasteiger partial charge on any atom is 0.419 e. The molecule has 156 valence electrons. The van der Waals surface area contributed by atoms with E-state index in [9.17, 15) is 17.6 Å². The van der Waals surface area contributed by atoms with E-state index < -0.39 is 17.6 Å². The molecule has 2 rings (SSSR count). The van der Waals surface area contributed by atoms with Crippen LogP contribution in [-0.2, 0) is 12.7 Å². The van der Waals surface area contributed by atoms with Gasteiger partial charge in [-0.25, -0.2) is 9.37 Å². The predicted octanol–water partition coefficient (Wildman–Crippen LogP) is 3.18. The lowest BCUT2D eigenvalue weighted by molar-refractivity contribution is -0.140. The van der Waals surface area contributed by atoms with E-state index in [4.69, 9.17) is 22.4 Å². The first kappa shape index (κ1) is 22.4. The maximum absolute atomic E-state index is 13.7. The fourth-order valence-electron chi connectivity index (χ4n) is 2.23. The number of aliphatic imine (C=N–C) groups is 1. The topological polar surface area (TPSA) is 108 Å². The Kier molecular flexibility index (Phi) is 7.74. The number of hydrogen-bond donors (Lipinski definition) is 4. The summed E-state index contributed by atoms with van der Waals surface area (Å²) in [7, 11) is 0. The van der Waals surface area contributed by atoms with Crippen molar-refractivity contribution in [2.24, 2.45) is 10.7 Å². The van der Waals surface area contributed by atoms with Crippen molar-refractivity contribution in [3.8, 4) is 0 Å². The summed E-state index contributed by atoms with van der Waals surface area (Å²) in [5, 5.41) is 14.2. The van der Waals surface area contributed by atoms with Crippen LogP contribution in [0, 0.1) is 5.82 Å². The smallest absolute Gasteiger partial charge is 0.403 e. The second kappa shape index (κ2) is 10.0. The fraction of sp³-hybridized carbons (Fsp3) is 0.235. The Hall–Kier alpha value is -2.92. The first-order chi connectivity index (χ1) is 13.8. The molecule has 1 aromatic carbocycles. The van der Waals surface area contributed by atoms with Gasteiger partial charge >= 0.3 is 6.18 Å². The minimum Gasteiger partial charge on any atom is -0.403 e. The molecule has 7 nitrogen and oxygen atoms in total. The highest BCUT2D eigenvalue weighted by atomic mass is 35.5. The van der Waals surface area contributed by atoms with Crippen molar-refractivity contribution >= 4 is 29.6 Å². The van der Waals surface area contributed by atoms with E-state index in [2.05, 4.69) is 25.6 Å². The lowest BCUT2D eigenvalue weighted by Crippen LogP contribution is -2.15. The Bertz CT molecular complexity index is 904. The minimum atomic E-state index is -4.85. The lowest BCUT2D eigenvalue weighted by Gasteiger charge is -2.15. The van der Waals surface area contributed by atoms with Crippen LogP contribution in [0.15, 0.2) is 41.3 Å². The number of rotatable bonds is 8. The van der Waals surface area contributed by atoms with E-state index in [-0.39, 0.29) is 42.0 Å². The second-order valence-corrected chi connectivity index (χ2v) is 5.93. The molecule has 0 saturated heterocycles. The quantitative estimate of drug-likeness (QED) is 0.377. The van der Waals surface area contributed by atoms with Gasteiger partial charge in [0.15, 0.2) is 5.82 Å². The zero-order valence-electron chi connectivity index (χ0n) is 14.8. The molecule has 0 atom stereocenters. The SMILES string of the molecule is NC=C(C=NCCO)Nc1ncc(Cl)c(NCc2cccc(F)c2C(F)(F)F)n1. The Labute approximate surface area is 168 Å². The number of hydrogen-bond acceptors (Lipinski definition) is 7. The van der Waals surface area contributed by atoms with Crippen LogP contribution in [0.25, 0.3) is 0 Å². The van der Waals surface area contributed by atoms with Gasteiger partial charge in [-0.3, -0.25) is 4.99 Å². The zero-order valence-corrected chi connectivity index (χ0v) is 15.6. The summed E-state index contributed by atoms with van der Waals surface area (Å²) in [6.45, 7) is -0.345. The van der Waals surface area contributed by atoms with Crippen LogP contribution in [0.3, 0.4) is 0 Å². The second-order valence-electron chi connectivity index (χ2n) is 5.52. The Morgan fingerprint density at radius 2 is 2.10 bits per heavy atom. The van der Waals surface area contributed by atoms with Crippen LogP contribution in [0.1, 0.15) is 11.1 Å². The molecule has 0 aliphatic carbocycles. The number of anilines is 2. The Morgan fingerprint density at radius 1 is 1.34 bits per heavy atom. The predicted molar refractivity (Wildman–Crippen MR) is 102 cm³/mol. The molecule has 12 heteroatoms. The van der Waals surface area contributed by atoms with Gasteiger partial charge in [-0.2, -0.15) is 18.2 Å². The van der Waals surface area contributed by atoms with Crippen molar-refractivity contribution in [1.82, 2.24) is 9.97 Å². The van der Waals surface area contributed by atoms with E-state index in [1.807, 2.05) is 0 Å². The van der Waals surface area contributed by atoms with E-state index >= 15 is 0 Å². The zero-order chi connectivity index (χ0) is 21.4.